The highest BCUT2D eigenvalue weighted by molar-refractivity contribution is 5.79. The van der Waals surface area contributed by atoms with Crippen molar-refractivity contribution in [1.82, 2.24) is 15.5 Å². The number of ether oxygens (including phenoxy) is 2. The second-order valence-electron chi connectivity index (χ2n) is 9.57. The Kier molecular flexibility index (Phi) is 8.54. The van der Waals surface area contributed by atoms with Crippen LogP contribution in [0.4, 0.5) is 0 Å². The summed E-state index contributed by atoms with van der Waals surface area (Å²) in [5.41, 5.74) is 2.79. The molecule has 2 saturated heterocycles. The fourth-order valence-electron chi connectivity index (χ4n) is 4.50. The predicted octanol–water partition coefficient (Wildman–Crippen LogP) is 3.03. The summed E-state index contributed by atoms with van der Waals surface area (Å²) < 4.78 is 11.6. The van der Waals surface area contributed by atoms with E-state index in [1.165, 1.54) is 17.5 Å². The fourth-order valence-corrected chi connectivity index (χ4v) is 4.50. The van der Waals surface area contributed by atoms with Crippen LogP contribution in [0, 0.1) is 11.3 Å². The zero-order valence-corrected chi connectivity index (χ0v) is 19.2. The summed E-state index contributed by atoms with van der Waals surface area (Å²) in [6.45, 7) is 14.0. The van der Waals surface area contributed by atoms with Crippen molar-refractivity contribution in [3.8, 4) is 0 Å². The molecule has 0 saturated carbocycles. The van der Waals surface area contributed by atoms with Crippen LogP contribution in [0.3, 0.4) is 0 Å². The molecule has 2 atom stereocenters. The van der Waals surface area contributed by atoms with Crippen molar-refractivity contribution in [2.45, 2.75) is 52.8 Å². The van der Waals surface area contributed by atoms with Crippen molar-refractivity contribution in [3.63, 3.8) is 0 Å². The van der Waals surface area contributed by atoms with Crippen LogP contribution in [-0.2, 0) is 22.6 Å². The molecule has 0 aliphatic carbocycles. The van der Waals surface area contributed by atoms with E-state index in [0.717, 1.165) is 64.9 Å². The summed E-state index contributed by atoms with van der Waals surface area (Å²) in [6.07, 6.45) is 2.63. The number of nitrogens with one attached hydrogen (secondary N) is 2. The maximum absolute atomic E-state index is 6.11. The molecule has 30 heavy (non-hydrogen) atoms. The normalized spacial score (nSPS) is 23.9. The van der Waals surface area contributed by atoms with Gasteiger partial charge in [0, 0.05) is 52.3 Å². The zero-order chi connectivity index (χ0) is 21.4. The molecule has 6 nitrogen and oxygen atoms in total. The number of hydrogen-bond donors (Lipinski definition) is 2. The van der Waals surface area contributed by atoms with Crippen molar-refractivity contribution in [2.75, 3.05) is 46.5 Å². The first-order chi connectivity index (χ1) is 14.5. The molecular weight excluding hydrogens is 376 g/mol. The van der Waals surface area contributed by atoms with Gasteiger partial charge in [-0.1, -0.05) is 45.0 Å². The molecule has 0 aromatic heterocycles. The van der Waals surface area contributed by atoms with Gasteiger partial charge < -0.3 is 20.1 Å². The van der Waals surface area contributed by atoms with Gasteiger partial charge in [0.15, 0.2) is 5.96 Å². The largest absolute Gasteiger partial charge is 0.379 e. The third kappa shape index (κ3) is 6.96. The standard InChI is InChI=1S/C24H40N4O2/c1-24(2,3)22-21(9-6-12-30-22)17-27-23(25-4)26-16-19-7-5-8-20(15-19)18-28-10-13-29-14-11-28/h5,7-8,15,21-22H,6,9-14,16-18H2,1-4H3,(H2,25,26,27). The zero-order valence-electron chi connectivity index (χ0n) is 19.2. The van der Waals surface area contributed by atoms with Crippen LogP contribution in [0.2, 0.25) is 0 Å². The van der Waals surface area contributed by atoms with Crippen LogP contribution in [0.25, 0.3) is 0 Å². The van der Waals surface area contributed by atoms with Gasteiger partial charge in [0.1, 0.15) is 0 Å². The topological polar surface area (TPSA) is 58.1 Å². The second kappa shape index (κ2) is 11.1. The molecule has 1 aromatic rings. The highest BCUT2D eigenvalue weighted by Gasteiger charge is 2.35. The average Bonchev–Trinajstić information content (AvgIpc) is 2.74. The highest BCUT2D eigenvalue weighted by atomic mass is 16.5. The van der Waals surface area contributed by atoms with Crippen LogP contribution in [0.15, 0.2) is 29.3 Å². The summed E-state index contributed by atoms with van der Waals surface area (Å²) in [4.78, 5) is 6.88. The van der Waals surface area contributed by atoms with Crippen LogP contribution in [0.5, 0.6) is 0 Å². The Labute approximate surface area is 182 Å². The maximum atomic E-state index is 6.11. The van der Waals surface area contributed by atoms with E-state index in [1.807, 2.05) is 7.05 Å². The predicted molar refractivity (Wildman–Crippen MR) is 123 cm³/mol. The number of benzene rings is 1. The second-order valence-corrected chi connectivity index (χ2v) is 9.57. The van der Waals surface area contributed by atoms with Gasteiger partial charge in [-0.3, -0.25) is 9.89 Å². The maximum Gasteiger partial charge on any atom is 0.191 e. The van der Waals surface area contributed by atoms with Gasteiger partial charge in [-0.05, 0) is 29.4 Å². The Morgan fingerprint density at radius 3 is 2.63 bits per heavy atom. The summed E-state index contributed by atoms with van der Waals surface area (Å²) in [6, 6.07) is 8.83. The number of hydrogen-bond acceptors (Lipinski definition) is 4. The molecule has 168 valence electrons. The molecule has 0 radical (unpaired) electrons. The molecule has 6 heteroatoms. The van der Waals surface area contributed by atoms with E-state index in [4.69, 9.17) is 9.47 Å². The van der Waals surface area contributed by atoms with Gasteiger partial charge in [-0.2, -0.15) is 0 Å². The number of rotatable bonds is 6. The van der Waals surface area contributed by atoms with E-state index in [0.29, 0.717) is 5.92 Å². The lowest BCUT2D eigenvalue weighted by Gasteiger charge is -2.40. The molecule has 2 unspecified atom stereocenters. The molecule has 2 heterocycles. The number of nitrogens with zero attached hydrogens (tertiary/aromatic N) is 2. The minimum absolute atomic E-state index is 0.157. The molecule has 2 fully saturated rings. The van der Waals surface area contributed by atoms with Gasteiger partial charge in [0.2, 0.25) is 0 Å². The molecule has 0 amide bonds. The van der Waals surface area contributed by atoms with E-state index in [1.54, 1.807) is 0 Å². The Morgan fingerprint density at radius 2 is 1.90 bits per heavy atom. The fraction of sp³-hybridized carbons (Fsp3) is 0.708. The van der Waals surface area contributed by atoms with E-state index >= 15 is 0 Å². The third-order valence-electron chi connectivity index (χ3n) is 6.01. The van der Waals surface area contributed by atoms with E-state index in [9.17, 15) is 0 Å². The molecular formula is C24H40N4O2. The van der Waals surface area contributed by atoms with Gasteiger partial charge >= 0.3 is 0 Å². The van der Waals surface area contributed by atoms with Crippen molar-refractivity contribution in [1.29, 1.82) is 0 Å². The monoisotopic (exact) mass is 416 g/mol. The first kappa shape index (κ1) is 23.0. The van der Waals surface area contributed by atoms with Gasteiger partial charge in [-0.25, -0.2) is 0 Å². The van der Waals surface area contributed by atoms with Crippen molar-refractivity contribution in [3.05, 3.63) is 35.4 Å². The average molecular weight is 417 g/mol. The SMILES string of the molecule is CN=C(NCc1cccc(CN2CCOCC2)c1)NCC1CCCOC1C(C)(C)C. The Hall–Kier alpha value is -1.63. The van der Waals surface area contributed by atoms with Gasteiger partial charge in [0.05, 0.1) is 19.3 Å². The minimum Gasteiger partial charge on any atom is -0.379 e. The molecule has 0 bridgehead atoms. The van der Waals surface area contributed by atoms with Crippen LogP contribution in [0.1, 0.15) is 44.7 Å². The van der Waals surface area contributed by atoms with E-state index in [2.05, 4.69) is 65.6 Å². The Balaban J connectivity index is 1.48. The quantitative estimate of drug-likeness (QED) is 0.551. The summed E-state index contributed by atoms with van der Waals surface area (Å²) in [5, 5.41) is 7.00. The van der Waals surface area contributed by atoms with E-state index in [-0.39, 0.29) is 11.5 Å². The van der Waals surface area contributed by atoms with Crippen molar-refractivity contribution >= 4 is 5.96 Å². The van der Waals surface area contributed by atoms with E-state index < -0.39 is 0 Å². The highest BCUT2D eigenvalue weighted by Crippen LogP contribution is 2.33. The molecule has 2 aliphatic rings. The first-order valence-corrected chi connectivity index (χ1v) is 11.4. The van der Waals surface area contributed by atoms with Crippen molar-refractivity contribution < 1.29 is 9.47 Å². The molecule has 2 aliphatic heterocycles. The third-order valence-corrected chi connectivity index (χ3v) is 6.01. The van der Waals surface area contributed by atoms with Crippen LogP contribution in [-0.4, -0.2) is 63.5 Å². The number of morpholine rings is 1. The minimum atomic E-state index is 0.157. The number of aliphatic imine (C=N–C) groups is 1. The van der Waals surface area contributed by atoms with Crippen molar-refractivity contribution in [2.24, 2.45) is 16.3 Å². The molecule has 3 rings (SSSR count). The molecule has 2 N–H and O–H groups in total. The lowest BCUT2D eigenvalue weighted by molar-refractivity contribution is -0.0835. The van der Waals surface area contributed by atoms with Gasteiger partial charge in [0.25, 0.3) is 0 Å². The van der Waals surface area contributed by atoms with Crippen LogP contribution < -0.4 is 10.6 Å². The summed E-state index contributed by atoms with van der Waals surface area (Å²) >= 11 is 0. The smallest absolute Gasteiger partial charge is 0.191 e. The lowest BCUT2D eigenvalue weighted by Crippen LogP contribution is -2.47. The lowest BCUT2D eigenvalue weighted by atomic mass is 9.78. The van der Waals surface area contributed by atoms with Gasteiger partial charge in [-0.15, -0.1) is 0 Å². The van der Waals surface area contributed by atoms with Crippen LogP contribution >= 0.6 is 0 Å². The molecule has 1 aromatic carbocycles. The first-order valence-electron chi connectivity index (χ1n) is 11.4. The Morgan fingerprint density at radius 1 is 1.13 bits per heavy atom. The number of guanidine groups is 1. The summed E-state index contributed by atoms with van der Waals surface area (Å²) in [7, 11) is 1.84. The molecule has 0 spiro atoms. The summed E-state index contributed by atoms with van der Waals surface area (Å²) in [5.74, 6) is 1.36. The Bertz CT molecular complexity index is 680.